The van der Waals surface area contributed by atoms with Gasteiger partial charge in [0, 0.05) is 5.56 Å². The zero-order valence-electron chi connectivity index (χ0n) is 13.8. The maximum absolute atomic E-state index is 12.5. The van der Waals surface area contributed by atoms with Gasteiger partial charge < -0.3 is 10.4 Å². The minimum absolute atomic E-state index is 0.0492. The molecule has 0 unspecified atom stereocenters. The van der Waals surface area contributed by atoms with Crippen LogP contribution in [0.2, 0.25) is 0 Å². The van der Waals surface area contributed by atoms with Gasteiger partial charge in [-0.05, 0) is 54.2 Å². The summed E-state index contributed by atoms with van der Waals surface area (Å²) in [6, 6.07) is 11.0. The van der Waals surface area contributed by atoms with E-state index in [1.807, 2.05) is 38.1 Å². The number of anilines is 1. The Labute approximate surface area is 132 Å². The zero-order chi connectivity index (χ0) is 16.5. The average Bonchev–Trinajstić information content (AvgIpc) is 2.43. The van der Waals surface area contributed by atoms with Crippen molar-refractivity contribution in [3.63, 3.8) is 0 Å². The lowest BCUT2D eigenvalue weighted by atomic mass is 9.87. The van der Waals surface area contributed by atoms with Gasteiger partial charge in [0.05, 0.1) is 5.69 Å². The molecule has 3 nitrogen and oxygen atoms in total. The van der Waals surface area contributed by atoms with E-state index < -0.39 is 0 Å². The van der Waals surface area contributed by atoms with E-state index in [1.165, 1.54) is 0 Å². The summed E-state index contributed by atoms with van der Waals surface area (Å²) in [7, 11) is 0. The SMILES string of the molecule is Cc1cccc(C(=O)Nc2cc(C(C)(C)C)ccc2O)c1C. The van der Waals surface area contributed by atoms with E-state index in [4.69, 9.17) is 0 Å². The number of aromatic hydroxyl groups is 1. The number of phenolic OH excluding ortho intramolecular Hbond substituents is 1. The predicted octanol–water partition coefficient (Wildman–Crippen LogP) is 4.56. The van der Waals surface area contributed by atoms with Crippen molar-refractivity contribution in [1.82, 2.24) is 0 Å². The molecule has 0 aliphatic heterocycles. The molecule has 0 atom stereocenters. The van der Waals surface area contributed by atoms with Crippen LogP contribution in [0.4, 0.5) is 5.69 Å². The van der Waals surface area contributed by atoms with Crippen LogP contribution in [0.25, 0.3) is 0 Å². The van der Waals surface area contributed by atoms with Gasteiger partial charge in [-0.1, -0.05) is 39.0 Å². The monoisotopic (exact) mass is 297 g/mol. The van der Waals surface area contributed by atoms with E-state index in [-0.39, 0.29) is 17.1 Å². The molecule has 0 saturated heterocycles. The van der Waals surface area contributed by atoms with Crippen molar-refractivity contribution >= 4 is 11.6 Å². The maximum Gasteiger partial charge on any atom is 0.256 e. The van der Waals surface area contributed by atoms with Crippen LogP contribution in [0.15, 0.2) is 36.4 Å². The van der Waals surface area contributed by atoms with Crippen LogP contribution in [0.1, 0.15) is 47.8 Å². The van der Waals surface area contributed by atoms with Crippen LogP contribution in [-0.2, 0) is 5.41 Å². The first-order valence-electron chi connectivity index (χ1n) is 7.41. The summed E-state index contributed by atoms with van der Waals surface area (Å²) in [4.78, 5) is 12.5. The summed E-state index contributed by atoms with van der Waals surface area (Å²) < 4.78 is 0. The van der Waals surface area contributed by atoms with Crippen molar-refractivity contribution in [1.29, 1.82) is 0 Å². The normalized spacial score (nSPS) is 11.3. The van der Waals surface area contributed by atoms with Crippen molar-refractivity contribution in [2.24, 2.45) is 0 Å². The van der Waals surface area contributed by atoms with Crippen molar-refractivity contribution in [3.05, 3.63) is 58.7 Å². The second kappa shape index (κ2) is 5.84. The smallest absolute Gasteiger partial charge is 0.256 e. The summed E-state index contributed by atoms with van der Waals surface area (Å²) in [6.45, 7) is 10.2. The highest BCUT2D eigenvalue weighted by atomic mass is 16.3. The Morgan fingerprint density at radius 3 is 2.41 bits per heavy atom. The highest BCUT2D eigenvalue weighted by molar-refractivity contribution is 6.06. The van der Waals surface area contributed by atoms with Crippen LogP contribution >= 0.6 is 0 Å². The molecule has 0 heterocycles. The third-order valence-corrected chi connectivity index (χ3v) is 3.96. The number of hydrogen-bond acceptors (Lipinski definition) is 2. The Morgan fingerprint density at radius 1 is 1.09 bits per heavy atom. The molecule has 2 N–H and O–H groups in total. The number of phenols is 1. The van der Waals surface area contributed by atoms with E-state index >= 15 is 0 Å². The third-order valence-electron chi connectivity index (χ3n) is 3.96. The fraction of sp³-hybridized carbons (Fsp3) is 0.316. The first kappa shape index (κ1) is 16.1. The van der Waals surface area contributed by atoms with Gasteiger partial charge >= 0.3 is 0 Å². The number of amides is 1. The molecule has 116 valence electrons. The van der Waals surface area contributed by atoms with Crippen LogP contribution in [0.5, 0.6) is 5.75 Å². The van der Waals surface area contributed by atoms with Crippen molar-refractivity contribution in [2.75, 3.05) is 5.32 Å². The molecule has 0 aliphatic rings. The summed E-state index contributed by atoms with van der Waals surface area (Å²) in [5.41, 5.74) is 4.10. The number of carbonyl (C=O) groups is 1. The standard InChI is InChI=1S/C19H23NO2/c1-12-7-6-8-15(13(12)2)18(22)20-16-11-14(19(3,4)5)9-10-17(16)21/h6-11,21H,1-5H3,(H,20,22). The molecule has 2 aromatic carbocycles. The largest absolute Gasteiger partial charge is 0.506 e. The highest BCUT2D eigenvalue weighted by Gasteiger charge is 2.17. The molecule has 3 heteroatoms. The predicted molar refractivity (Wildman–Crippen MR) is 90.7 cm³/mol. The summed E-state index contributed by atoms with van der Waals surface area (Å²) in [6.07, 6.45) is 0. The minimum atomic E-state index is -0.206. The van der Waals surface area contributed by atoms with Crippen molar-refractivity contribution in [2.45, 2.75) is 40.0 Å². The molecule has 0 saturated carbocycles. The lowest BCUT2D eigenvalue weighted by Crippen LogP contribution is -2.16. The van der Waals surface area contributed by atoms with Gasteiger partial charge in [-0.2, -0.15) is 0 Å². The Hall–Kier alpha value is -2.29. The summed E-state index contributed by atoms with van der Waals surface area (Å²) >= 11 is 0. The molecule has 0 spiro atoms. The fourth-order valence-corrected chi connectivity index (χ4v) is 2.29. The van der Waals surface area contributed by atoms with Gasteiger partial charge in [0.15, 0.2) is 0 Å². The second-order valence-corrected chi connectivity index (χ2v) is 6.68. The Bertz CT molecular complexity index is 712. The van der Waals surface area contributed by atoms with Gasteiger partial charge in [0.25, 0.3) is 5.91 Å². The van der Waals surface area contributed by atoms with Crippen LogP contribution in [0.3, 0.4) is 0 Å². The van der Waals surface area contributed by atoms with Gasteiger partial charge in [-0.3, -0.25) is 4.79 Å². The number of benzene rings is 2. The van der Waals surface area contributed by atoms with E-state index in [2.05, 4.69) is 26.1 Å². The summed E-state index contributed by atoms with van der Waals surface area (Å²) in [5.74, 6) is -0.130. The lowest BCUT2D eigenvalue weighted by molar-refractivity contribution is 0.102. The van der Waals surface area contributed by atoms with Gasteiger partial charge in [-0.25, -0.2) is 0 Å². The van der Waals surface area contributed by atoms with Gasteiger partial charge in [-0.15, -0.1) is 0 Å². The highest BCUT2D eigenvalue weighted by Crippen LogP contribution is 2.31. The van der Waals surface area contributed by atoms with Crippen LogP contribution in [0, 0.1) is 13.8 Å². The molecule has 0 fully saturated rings. The number of nitrogens with one attached hydrogen (secondary N) is 1. The molecule has 0 radical (unpaired) electrons. The van der Waals surface area contributed by atoms with E-state index in [0.29, 0.717) is 11.3 Å². The second-order valence-electron chi connectivity index (χ2n) is 6.68. The number of aryl methyl sites for hydroxylation is 1. The molecule has 2 rings (SSSR count). The lowest BCUT2D eigenvalue weighted by Gasteiger charge is -2.20. The summed E-state index contributed by atoms with van der Waals surface area (Å²) in [5, 5.41) is 12.8. The van der Waals surface area contributed by atoms with Crippen molar-refractivity contribution in [3.8, 4) is 5.75 Å². The molecule has 0 aromatic heterocycles. The fourth-order valence-electron chi connectivity index (χ4n) is 2.29. The van der Waals surface area contributed by atoms with Crippen LogP contribution < -0.4 is 5.32 Å². The third kappa shape index (κ3) is 3.30. The molecular weight excluding hydrogens is 274 g/mol. The maximum atomic E-state index is 12.5. The molecule has 2 aromatic rings. The van der Waals surface area contributed by atoms with E-state index in [1.54, 1.807) is 12.1 Å². The van der Waals surface area contributed by atoms with E-state index in [0.717, 1.165) is 16.7 Å². The molecule has 0 aliphatic carbocycles. The van der Waals surface area contributed by atoms with Gasteiger partial charge in [0.1, 0.15) is 5.75 Å². The average molecular weight is 297 g/mol. The van der Waals surface area contributed by atoms with Crippen molar-refractivity contribution < 1.29 is 9.90 Å². The molecular formula is C19H23NO2. The van der Waals surface area contributed by atoms with Crippen LogP contribution in [-0.4, -0.2) is 11.0 Å². The Morgan fingerprint density at radius 2 is 1.77 bits per heavy atom. The molecule has 1 amide bonds. The minimum Gasteiger partial charge on any atom is -0.506 e. The Kier molecular flexibility index (Phi) is 4.27. The van der Waals surface area contributed by atoms with E-state index in [9.17, 15) is 9.90 Å². The first-order chi connectivity index (χ1) is 10.2. The number of rotatable bonds is 2. The van der Waals surface area contributed by atoms with Gasteiger partial charge in [0.2, 0.25) is 0 Å². The Balaban J connectivity index is 2.34. The topological polar surface area (TPSA) is 49.3 Å². The first-order valence-corrected chi connectivity index (χ1v) is 7.41. The number of hydrogen-bond donors (Lipinski definition) is 2. The molecule has 0 bridgehead atoms. The number of carbonyl (C=O) groups excluding carboxylic acids is 1. The molecule has 22 heavy (non-hydrogen) atoms. The quantitative estimate of drug-likeness (QED) is 0.798. The zero-order valence-corrected chi connectivity index (χ0v) is 13.8.